The van der Waals surface area contributed by atoms with Gasteiger partial charge in [0.15, 0.2) is 0 Å². The van der Waals surface area contributed by atoms with Crippen LogP contribution < -0.4 is 15.8 Å². The van der Waals surface area contributed by atoms with Crippen molar-refractivity contribution in [2.24, 2.45) is 11.1 Å². The first-order chi connectivity index (χ1) is 9.36. The van der Waals surface area contributed by atoms with Crippen molar-refractivity contribution >= 4 is 21.6 Å². The maximum Gasteiger partial charge on any atom is 0.238 e. The zero-order valence-corrected chi connectivity index (χ0v) is 12.2. The summed E-state index contributed by atoms with van der Waals surface area (Å²) in [5.41, 5.74) is 1.01. The molecule has 7 heteroatoms. The number of benzene rings is 1. The highest BCUT2D eigenvalue weighted by atomic mass is 32.2. The number of hydrogen-bond donors (Lipinski definition) is 3. The molecule has 1 unspecified atom stereocenters. The molecule has 1 aliphatic rings. The third-order valence-corrected chi connectivity index (χ3v) is 4.47. The van der Waals surface area contributed by atoms with Gasteiger partial charge in [0.2, 0.25) is 15.9 Å². The molecule has 0 spiro atoms. The fourth-order valence-electron chi connectivity index (χ4n) is 2.35. The topological polar surface area (TPSA) is 101 Å². The standard InChI is InChI=1S/C13H19N3O3S/c1-9-2-3-11(7-12(9)20(14,18)19)16-13(17)6-10-4-5-15-8-10/h2-3,7,10,15H,4-6,8H2,1H3,(H,16,17)(H2,14,18,19). The molecule has 0 aromatic heterocycles. The van der Waals surface area contributed by atoms with Gasteiger partial charge in [-0.15, -0.1) is 0 Å². The zero-order chi connectivity index (χ0) is 14.8. The highest BCUT2D eigenvalue weighted by Crippen LogP contribution is 2.20. The number of anilines is 1. The fourth-order valence-corrected chi connectivity index (χ4v) is 3.16. The minimum absolute atomic E-state index is 0.0397. The molecule has 4 N–H and O–H groups in total. The maximum atomic E-state index is 11.9. The summed E-state index contributed by atoms with van der Waals surface area (Å²) in [6, 6.07) is 4.71. The molecule has 0 saturated carbocycles. The van der Waals surface area contributed by atoms with Crippen molar-refractivity contribution in [3.63, 3.8) is 0 Å². The summed E-state index contributed by atoms with van der Waals surface area (Å²) in [5, 5.41) is 11.1. The number of carbonyl (C=O) groups excluding carboxylic acids is 1. The lowest BCUT2D eigenvalue weighted by molar-refractivity contribution is -0.116. The lowest BCUT2D eigenvalue weighted by atomic mass is 10.0. The second kappa shape index (κ2) is 5.90. The highest BCUT2D eigenvalue weighted by Gasteiger charge is 2.18. The van der Waals surface area contributed by atoms with Gasteiger partial charge in [0.05, 0.1) is 4.90 Å². The van der Waals surface area contributed by atoms with Gasteiger partial charge in [0.1, 0.15) is 0 Å². The summed E-state index contributed by atoms with van der Waals surface area (Å²) in [7, 11) is -3.78. The number of aryl methyl sites for hydroxylation is 1. The summed E-state index contributed by atoms with van der Waals surface area (Å²) >= 11 is 0. The third-order valence-electron chi connectivity index (χ3n) is 3.41. The Kier molecular flexibility index (Phi) is 4.42. The third kappa shape index (κ3) is 3.78. The zero-order valence-electron chi connectivity index (χ0n) is 11.3. The number of hydrogen-bond acceptors (Lipinski definition) is 4. The van der Waals surface area contributed by atoms with E-state index in [1.54, 1.807) is 19.1 Å². The van der Waals surface area contributed by atoms with Crippen LogP contribution in [0.1, 0.15) is 18.4 Å². The minimum Gasteiger partial charge on any atom is -0.326 e. The van der Waals surface area contributed by atoms with E-state index in [1.807, 2.05) is 0 Å². The molecule has 20 heavy (non-hydrogen) atoms. The van der Waals surface area contributed by atoms with Crippen molar-refractivity contribution in [2.45, 2.75) is 24.7 Å². The van der Waals surface area contributed by atoms with Gasteiger partial charge in [0.25, 0.3) is 0 Å². The number of amides is 1. The summed E-state index contributed by atoms with van der Waals surface area (Å²) in [4.78, 5) is 11.9. The number of carbonyl (C=O) groups is 1. The van der Waals surface area contributed by atoms with Crippen LogP contribution >= 0.6 is 0 Å². The molecular weight excluding hydrogens is 278 g/mol. The molecular formula is C13H19N3O3S. The molecule has 1 atom stereocenters. The Bertz CT molecular complexity index is 607. The molecule has 0 radical (unpaired) electrons. The second-order valence-corrected chi connectivity index (χ2v) is 6.67. The van der Waals surface area contributed by atoms with Gasteiger partial charge in [0, 0.05) is 12.1 Å². The quantitative estimate of drug-likeness (QED) is 0.756. The normalized spacial score (nSPS) is 19.0. The van der Waals surface area contributed by atoms with Crippen LogP contribution in [0.15, 0.2) is 23.1 Å². The van der Waals surface area contributed by atoms with Gasteiger partial charge in [-0.1, -0.05) is 6.07 Å². The van der Waals surface area contributed by atoms with E-state index in [0.717, 1.165) is 19.5 Å². The molecule has 6 nitrogen and oxygen atoms in total. The van der Waals surface area contributed by atoms with Gasteiger partial charge in [-0.3, -0.25) is 4.79 Å². The SMILES string of the molecule is Cc1ccc(NC(=O)CC2CCNC2)cc1S(N)(=O)=O. The van der Waals surface area contributed by atoms with E-state index >= 15 is 0 Å². The van der Waals surface area contributed by atoms with Crippen molar-refractivity contribution < 1.29 is 13.2 Å². The number of primary sulfonamides is 1. The van der Waals surface area contributed by atoms with Crippen molar-refractivity contribution in [3.05, 3.63) is 23.8 Å². The maximum absolute atomic E-state index is 11.9. The molecule has 1 fully saturated rings. The van der Waals surface area contributed by atoms with E-state index < -0.39 is 10.0 Å². The van der Waals surface area contributed by atoms with E-state index in [-0.39, 0.29) is 10.8 Å². The molecule has 1 aliphatic heterocycles. The minimum atomic E-state index is -3.78. The number of nitrogens with one attached hydrogen (secondary N) is 2. The van der Waals surface area contributed by atoms with Crippen LogP contribution in [-0.4, -0.2) is 27.4 Å². The van der Waals surface area contributed by atoms with Crippen LogP contribution in [0.4, 0.5) is 5.69 Å². The average Bonchev–Trinajstić information content (AvgIpc) is 2.83. The lowest BCUT2D eigenvalue weighted by Gasteiger charge is -2.11. The van der Waals surface area contributed by atoms with E-state index in [9.17, 15) is 13.2 Å². The van der Waals surface area contributed by atoms with Gasteiger partial charge < -0.3 is 10.6 Å². The monoisotopic (exact) mass is 297 g/mol. The van der Waals surface area contributed by atoms with Crippen LogP contribution in [0, 0.1) is 12.8 Å². The molecule has 0 bridgehead atoms. The highest BCUT2D eigenvalue weighted by molar-refractivity contribution is 7.89. The summed E-state index contributed by atoms with van der Waals surface area (Å²) in [5.74, 6) is 0.237. The summed E-state index contributed by atoms with van der Waals surface area (Å²) in [6.07, 6.45) is 1.43. The molecule has 1 amide bonds. The average molecular weight is 297 g/mol. The first kappa shape index (κ1) is 15.0. The molecule has 1 aromatic rings. The van der Waals surface area contributed by atoms with Crippen LogP contribution in [-0.2, 0) is 14.8 Å². The van der Waals surface area contributed by atoms with Crippen molar-refractivity contribution in [1.29, 1.82) is 0 Å². The number of rotatable bonds is 4. The number of sulfonamides is 1. The largest absolute Gasteiger partial charge is 0.326 e. The Hall–Kier alpha value is -1.44. The molecule has 1 heterocycles. The van der Waals surface area contributed by atoms with Crippen LogP contribution in [0.2, 0.25) is 0 Å². The molecule has 1 aromatic carbocycles. The van der Waals surface area contributed by atoms with Crippen LogP contribution in [0.25, 0.3) is 0 Å². The molecule has 0 aliphatic carbocycles. The fraction of sp³-hybridized carbons (Fsp3) is 0.462. The summed E-state index contributed by atoms with van der Waals surface area (Å²) < 4.78 is 22.9. The first-order valence-electron chi connectivity index (χ1n) is 6.50. The van der Waals surface area contributed by atoms with Gasteiger partial charge >= 0.3 is 0 Å². The van der Waals surface area contributed by atoms with E-state index in [1.165, 1.54) is 6.07 Å². The first-order valence-corrected chi connectivity index (χ1v) is 8.05. The van der Waals surface area contributed by atoms with Crippen molar-refractivity contribution in [1.82, 2.24) is 5.32 Å². The van der Waals surface area contributed by atoms with Gasteiger partial charge in [-0.25, -0.2) is 13.6 Å². The number of nitrogens with two attached hydrogens (primary N) is 1. The van der Waals surface area contributed by atoms with Crippen LogP contribution in [0.5, 0.6) is 0 Å². The summed E-state index contributed by atoms with van der Waals surface area (Å²) in [6.45, 7) is 3.46. The predicted octanol–water partition coefficient (Wildman–Crippen LogP) is 0.581. The Morgan fingerprint density at radius 3 is 2.85 bits per heavy atom. The second-order valence-electron chi connectivity index (χ2n) is 5.14. The Balaban J connectivity index is 2.07. The Labute approximate surface area is 118 Å². The Morgan fingerprint density at radius 1 is 1.50 bits per heavy atom. The van der Waals surface area contributed by atoms with Crippen molar-refractivity contribution in [2.75, 3.05) is 18.4 Å². The molecule has 110 valence electrons. The van der Waals surface area contributed by atoms with Crippen molar-refractivity contribution in [3.8, 4) is 0 Å². The molecule has 2 rings (SSSR count). The van der Waals surface area contributed by atoms with Gasteiger partial charge in [-0.2, -0.15) is 0 Å². The smallest absolute Gasteiger partial charge is 0.238 e. The Morgan fingerprint density at radius 2 is 2.25 bits per heavy atom. The van der Waals surface area contributed by atoms with Crippen LogP contribution in [0.3, 0.4) is 0 Å². The molecule has 1 saturated heterocycles. The van der Waals surface area contributed by atoms with E-state index in [2.05, 4.69) is 10.6 Å². The lowest BCUT2D eigenvalue weighted by Crippen LogP contribution is -2.19. The van der Waals surface area contributed by atoms with E-state index in [0.29, 0.717) is 23.6 Å². The van der Waals surface area contributed by atoms with Gasteiger partial charge in [-0.05, 0) is 50.0 Å². The predicted molar refractivity (Wildman–Crippen MR) is 76.8 cm³/mol. The van der Waals surface area contributed by atoms with E-state index in [4.69, 9.17) is 5.14 Å².